The van der Waals surface area contributed by atoms with E-state index in [1.54, 1.807) is 6.07 Å². The number of ether oxygens (including phenoxy) is 2. The van der Waals surface area contributed by atoms with E-state index in [0.717, 1.165) is 74.0 Å². The third-order valence-corrected chi connectivity index (χ3v) is 9.15. The van der Waals surface area contributed by atoms with Crippen molar-refractivity contribution in [3.8, 4) is 17.1 Å². The Balaban J connectivity index is 1.46. The van der Waals surface area contributed by atoms with Gasteiger partial charge in [-0.05, 0) is 78.2 Å². The molecule has 4 heterocycles. The second kappa shape index (κ2) is 12.4. The van der Waals surface area contributed by atoms with Crippen LogP contribution in [0.3, 0.4) is 0 Å². The molecule has 0 bridgehead atoms. The average molecular weight is 582 g/mol. The molecule has 0 radical (unpaired) electrons. The number of hydrogen-bond donors (Lipinski definition) is 2. The van der Waals surface area contributed by atoms with E-state index in [1.165, 1.54) is 12.8 Å². The first kappa shape index (κ1) is 30.0. The Bertz CT molecular complexity index is 1300. The molecule has 0 amide bonds. The van der Waals surface area contributed by atoms with Gasteiger partial charge in [-0.1, -0.05) is 30.5 Å². The van der Waals surface area contributed by atoms with Crippen LogP contribution in [0.1, 0.15) is 64.6 Å². The lowest BCUT2D eigenvalue weighted by Gasteiger charge is -2.56. The molecular formula is C32H44ClN5O3. The van der Waals surface area contributed by atoms with Crippen LogP contribution in [0.2, 0.25) is 5.02 Å². The maximum atomic E-state index is 10.2. The van der Waals surface area contributed by atoms with Crippen LogP contribution in [0.5, 0.6) is 5.75 Å². The molecule has 1 aromatic carbocycles. The summed E-state index contributed by atoms with van der Waals surface area (Å²) >= 11 is 6.73. The minimum atomic E-state index is -0.517. The summed E-state index contributed by atoms with van der Waals surface area (Å²) in [7, 11) is 0. The fraction of sp³-hybridized carbons (Fsp3) is 0.594. The number of piperidine rings is 1. The highest BCUT2D eigenvalue weighted by atomic mass is 35.5. The first-order chi connectivity index (χ1) is 19.6. The Morgan fingerprint density at radius 2 is 1.90 bits per heavy atom. The molecule has 3 fully saturated rings. The van der Waals surface area contributed by atoms with Crippen LogP contribution in [0, 0.1) is 17.7 Å². The highest BCUT2D eigenvalue weighted by Crippen LogP contribution is 2.45. The molecule has 1 aromatic heterocycles. The lowest BCUT2D eigenvalue weighted by atomic mass is 9.71. The van der Waals surface area contributed by atoms with Crippen LogP contribution in [0.4, 0.5) is 5.82 Å². The van der Waals surface area contributed by atoms with Gasteiger partial charge in [-0.25, -0.2) is 9.97 Å². The number of nitrogens with one attached hydrogen (secondary N) is 1. The van der Waals surface area contributed by atoms with Gasteiger partial charge in [0, 0.05) is 40.9 Å². The average Bonchev–Trinajstić information content (AvgIpc) is 2.87. The molecule has 3 aliphatic heterocycles. The van der Waals surface area contributed by atoms with Gasteiger partial charge in [-0.3, -0.25) is 4.90 Å². The van der Waals surface area contributed by atoms with Crippen LogP contribution < -0.4 is 9.64 Å². The molecule has 0 unspecified atom stereocenters. The normalized spacial score (nSPS) is 19.4. The van der Waals surface area contributed by atoms with Crippen LogP contribution in [0.15, 0.2) is 23.8 Å². The van der Waals surface area contributed by atoms with E-state index in [2.05, 4.69) is 16.7 Å². The Morgan fingerprint density at radius 3 is 2.49 bits per heavy atom. The molecule has 9 heteroatoms. The molecule has 222 valence electrons. The number of anilines is 1. The highest BCUT2D eigenvalue weighted by molar-refractivity contribution is 6.33. The van der Waals surface area contributed by atoms with Crippen molar-refractivity contribution < 1.29 is 14.6 Å². The van der Waals surface area contributed by atoms with Crippen molar-refractivity contribution in [3.63, 3.8) is 0 Å². The Morgan fingerprint density at radius 1 is 1.20 bits per heavy atom. The van der Waals surface area contributed by atoms with Gasteiger partial charge in [0.05, 0.1) is 36.1 Å². The fourth-order valence-corrected chi connectivity index (χ4v) is 6.57. The number of rotatable bonds is 10. The third-order valence-electron chi connectivity index (χ3n) is 8.82. The summed E-state index contributed by atoms with van der Waals surface area (Å²) in [6, 6.07) is 6.06. The maximum Gasteiger partial charge on any atom is 0.163 e. The number of benzene rings is 1. The molecule has 1 atom stereocenters. The number of aliphatic hydroxyl groups excluding tert-OH is 1. The zero-order chi connectivity index (χ0) is 29.3. The summed E-state index contributed by atoms with van der Waals surface area (Å²) in [6.07, 6.45) is 3.45. The Hall–Kier alpha value is -2.52. The number of likely N-dealkylation sites (tertiary alicyclic amines) is 1. The van der Waals surface area contributed by atoms with E-state index in [-0.39, 0.29) is 6.61 Å². The van der Waals surface area contributed by atoms with Gasteiger partial charge < -0.3 is 24.9 Å². The molecule has 5 rings (SSSR count). The molecule has 8 nitrogen and oxygen atoms in total. The highest BCUT2D eigenvalue weighted by Gasteiger charge is 2.47. The fourth-order valence-electron chi connectivity index (χ4n) is 6.37. The number of nitrogens with zero attached hydrogens (tertiary/aromatic N) is 4. The first-order valence-electron chi connectivity index (χ1n) is 14.9. The second-order valence-corrected chi connectivity index (χ2v) is 12.7. The topological polar surface area (TPSA) is 94.8 Å². The van der Waals surface area contributed by atoms with E-state index in [0.29, 0.717) is 45.7 Å². The van der Waals surface area contributed by atoms with Gasteiger partial charge in [0.1, 0.15) is 18.2 Å². The van der Waals surface area contributed by atoms with Crippen LogP contribution in [-0.2, 0) is 4.74 Å². The van der Waals surface area contributed by atoms with E-state index in [9.17, 15) is 5.11 Å². The smallest absolute Gasteiger partial charge is 0.163 e. The van der Waals surface area contributed by atoms with Crippen molar-refractivity contribution in [2.45, 2.75) is 72.4 Å². The number of aromatic nitrogens is 2. The van der Waals surface area contributed by atoms with E-state index >= 15 is 0 Å². The Labute approximate surface area is 249 Å². The van der Waals surface area contributed by atoms with Gasteiger partial charge in [-0.2, -0.15) is 0 Å². The van der Waals surface area contributed by atoms with Crippen molar-refractivity contribution in [2.75, 3.05) is 50.9 Å². The zero-order valence-corrected chi connectivity index (χ0v) is 25.9. The van der Waals surface area contributed by atoms with Crippen molar-refractivity contribution in [1.29, 1.82) is 5.41 Å². The molecular weight excluding hydrogens is 538 g/mol. The maximum absolute atomic E-state index is 10.2. The predicted molar refractivity (Wildman–Crippen MR) is 165 cm³/mol. The quantitative estimate of drug-likeness (QED) is 0.343. The summed E-state index contributed by atoms with van der Waals surface area (Å²) in [4.78, 5) is 15.1. The minimum Gasteiger partial charge on any atom is -0.491 e. The zero-order valence-electron chi connectivity index (χ0n) is 25.1. The summed E-state index contributed by atoms with van der Waals surface area (Å²) in [5.41, 5.74) is 5.12. The molecule has 3 aliphatic rings. The lowest BCUT2D eigenvalue weighted by Crippen LogP contribution is -2.63. The van der Waals surface area contributed by atoms with Gasteiger partial charge in [-0.15, -0.1) is 0 Å². The summed E-state index contributed by atoms with van der Waals surface area (Å²) < 4.78 is 11.3. The molecule has 0 aliphatic carbocycles. The van der Waals surface area contributed by atoms with Crippen molar-refractivity contribution in [3.05, 3.63) is 40.1 Å². The van der Waals surface area contributed by atoms with Gasteiger partial charge in [0.25, 0.3) is 0 Å². The predicted octanol–water partition coefficient (Wildman–Crippen LogP) is 5.78. The van der Waals surface area contributed by atoms with Crippen LogP contribution in [-0.4, -0.2) is 83.8 Å². The molecule has 41 heavy (non-hydrogen) atoms. The summed E-state index contributed by atoms with van der Waals surface area (Å²) in [6.45, 7) is 16.1. The van der Waals surface area contributed by atoms with E-state index in [1.807, 2.05) is 39.8 Å². The second-order valence-electron chi connectivity index (χ2n) is 12.3. The van der Waals surface area contributed by atoms with E-state index < -0.39 is 6.10 Å². The van der Waals surface area contributed by atoms with Gasteiger partial charge >= 0.3 is 0 Å². The lowest BCUT2D eigenvalue weighted by molar-refractivity contribution is -0.0839. The minimum absolute atomic E-state index is 0.218. The summed E-state index contributed by atoms with van der Waals surface area (Å²) in [5.74, 6) is 2.04. The summed E-state index contributed by atoms with van der Waals surface area (Å²) in [5, 5.41) is 19.2. The largest absolute Gasteiger partial charge is 0.491 e. The van der Waals surface area contributed by atoms with Gasteiger partial charge in [0.2, 0.25) is 0 Å². The molecule has 1 spiro atoms. The van der Waals surface area contributed by atoms with Crippen molar-refractivity contribution >= 4 is 28.7 Å². The van der Waals surface area contributed by atoms with Crippen molar-refractivity contribution in [1.82, 2.24) is 14.9 Å². The van der Waals surface area contributed by atoms with Crippen LogP contribution in [0.25, 0.3) is 17.0 Å². The number of halogens is 1. The molecule has 2 N–H and O–H groups in total. The van der Waals surface area contributed by atoms with Crippen molar-refractivity contribution in [2.24, 2.45) is 5.41 Å². The number of aliphatic hydroxyl groups is 1. The van der Waals surface area contributed by atoms with Gasteiger partial charge in [0.15, 0.2) is 5.82 Å². The third kappa shape index (κ3) is 6.31. The van der Waals surface area contributed by atoms with E-state index in [4.69, 9.17) is 36.5 Å². The first-order valence-corrected chi connectivity index (χ1v) is 15.3. The number of allylic oxidation sites excluding steroid dienone is 2. The monoisotopic (exact) mass is 581 g/mol. The molecule has 3 saturated heterocycles. The number of hydrogen-bond acceptors (Lipinski definition) is 8. The Kier molecular flexibility index (Phi) is 9.04. The SMILES string of the molecule is CCC[C@@H](O)COc1ccc(Cl)c(-c2nc(C(C(C)=N)=C(C)C)c(C)c(N3CC4(CCN(C5COC5)CC4)C3)n2)c1. The molecule has 2 aromatic rings. The molecule has 0 saturated carbocycles. The van der Waals surface area contributed by atoms with Crippen LogP contribution >= 0.6 is 11.6 Å². The standard InChI is InChI=1S/C32H44ClN5O3/c1-6-7-24(39)17-41-25-8-9-27(33)26(14-25)30-35-29(28(20(2)3)22(5)34)21(4)31(36-30)38-18-32(19-38)10-12-37(13-11-32)23-15-40-16-23/h8-9,14,23-24,34,39H,6-7,10-13,15-19H2,1-5H3/t24-/m1/s1.